The van der Waals surface area contributed by atoms with Gasteiger partial charge in [-0.05, 0) is 60.7 Å². The van der Waals surface area contributed by atoms with E-state index in [0.717, 1.165) is 11.8 Å². The Kier molecular flexibility index (Phi) is 12.6. The van der Waals surface area contributed by atoms with E-state index < -0.39 is 73.6 Å². The number of amides is 3. The van der Waals surface area contributed by atoms with Crippen molar-refractivity contribution in [3.8, 4) is 0 Å². The van der Waals surface area contributed by atoms with E-state index in [1.807, 2.05) is 0 Å². The first-order chi connectivity index (χ1) is 30.4. The van der Waals surface area contributed by atoms with Gasteiger partial charge in [0.2, 0.25) is 11.8 Å². The number of nitro groups is 3. The lowest BCUT2D eigenvalue weighted by atomic mass is 9.67. The summed E-state index contributed by atoms with van der Waals surface area (Å²) < 4.78 is 16.4. The first-order valence-corrected chi connectivity index (χ1v) is 20.4. The molecular weight excluding hydrogens is 865 g/mol. The third-order valence-electron chi connectivity index (χ3n) is 11.2. The molecular formula is C40H38N8O15S. The van der Waals surface area contributed by atoms with Gasteiger partial charge in [0, 0.05) is 58.5 Å². The minimum absolute atomic E-state index is 0.00743. The molecule has 3 aliphatic rings. The maximum Gasteiger partial charge on any atom is 0.410 e. The number of likely N-dealkylation sites (tertiary alicyclic amines) is 1. The smallest absolute Gasteiger partial charge is 0.410 e. The van der Waals surface area contributed by atoms with E-state index in [0.29, 0.717) is 16.7 Å². The molecule has 24 heteroatoms. The zero-order chi connectivity index (χ0) is 46.0. The largest absolute Gasteiger partial charge is 0.477 e. The van der Waals surface area contributed by atoms with Gasteiger partial charge in [-0.25, -0.2) is 14.4 Å². The summed E-state index contributed by atoms with van der Waals surface area (Å²) in [5.41, 5.74) is -0.340. The van der Waals surface area contributed by atoms with Crippen molar-refractivity contribution in [3.63, 3.8) is 0 Å². The highest BCUT2D eigenvalue weighted by Crippen LogP contribution is 2.60. The lowest BCUT2D eigenvalue weighted by Crippen LogP contribution is -2.66. The number of ether oxygens (including phenoxy) is 2. The van der Waals surface area contributed by atoms with Crippen molar-refractivity contribution in [2.24, 2.45) is 11.3 Å². The number of hydrogen-bond donors (Lipinski definition) is 3. The average molecular weight is 903 g/mol. The summed E-state index contributed by atoms with van der Waals surface area (Å²) in [6, 6.07) is 14.7. The summed E-state index contributed by atoms with van der Waals surface area (Å²) in [6.45, 7) is 2.39. The van der Waals surface area contributed by atoms with Crippen LogP contribution in [0.4, 0.5) is 26.7 Å². The van der Waals surface area contributed by atoms with Crippen molar-refractivity contribution >= 4 is 52.9 Å². The van der Waals surface area contributed by atoms with Crippen LogP contribution in [0.5, 0.6) is 0 Å². The quantitative estimate of drug-likeness (QED) is 0.0741. The van der Waals surface area contributed by atoms with Crippen LogP contribution in [0.2, 0.25) is 0 Å². The number of aromatic nitrogens is 2. The van der Waals surface area contributed by atoms with Crippen molar-refractivity contribution in [1.29, 1.82) is 0 Å². The number of carbonyl (C=O) groups excluding carboxylic acids is 3. The Balaban J connectivity index is 1.13. The molecule has 3 amide bonds. The van der Waals surface area contributed by atoms with Crippen LogP contribution in [0.3, 0.4) is 0 Å². The van der Waals surface area contributed by atoms with Crippen LogP contribution in [0, 0.1) is 41.7 Å². The Bertz CT molecular complexity index is 2530. The van der Waals surface area contributed by atoms with Crippen LogP contribution in [-0.2, 0) is 45.2 Å². The van der Waals surface area contributed by atoms with E-state index in [4.69, 9.17) is 14.0 Å². The number of carboxylic acids is 1. The molecule has 3 aromatic carbocycles. The number of nitrogens with zero attached hydrogens (tertiary/aromatic N) is 7. The summed E-state index contributed by atoms with van der Waals surface area (Å²) in [5, 5.41) is 60.6. The lowest BCUT2D eigenvalue weighted by molar-refractivity contribution is -0.385. The van der Waals surface area contributed by atoms with Crippen LogP contribution in [0.15, 0.2) is 87.9 Å². The number of benzene rings is 3. The number of aliphatic hydroxyl groups excluding tert-OH is 1. The molecule has 3 aliphatic heterocycles. The third kappa shape index (κ3) is 9.03. The molecule has 7 rings (SSSR count). The number of aliphatic hydroxyl groups is 1. The fraction of sp³-hybridized carbons (Fsp3) is 0.350. The van der Waals surface area contributed by atoms with Gasteiger partial charge in [-0.2, -0.15) is 4.98 Å². The zero-order valence-corrected chi connectivity index (χ0v) is 34.6. The molecule has 4 aromatic rings. The summed E-state index contributed by atoms with van der Waals surface area (Å²) in [7, 11) is 0. The first-order valence-electron chi connectivity index (χ1n) is 19.5. The second-order valence-corrected chi connectivity index (χ2v) is 16.8. The first kappa shape index (κ1) is 44.6. The van der Waals surface area contributed by atoms with Crippen molar-refractivity contribution in [2.45, 2.75) is 69.9 Å². The predicted molar refractivity (Wildman–Crippen MR) is 219 cm³/mol. The molecule has 0 unspecified atom stereocenters. The topological polar surface area (TPSA) is 314 Å². The molecule has 23 nitrogen and oxygen atoms in total. The number of nitrogens with one attached hydrogen (secondary N) is 1. The van der Waals surface area contributed by atoms with Crippen molar-refractivity contribution in [2.75, 3.05) is 6.54 Å². The lowest BCUT2D eigenvalue weighted by Gasteiger charge is -2.51. The van der Waals surface area contributed by atoms with Gasteiger partial charge in [-0.1, -0.05) is 24.2 Å². The number of hydrogen-bond acceptors (Lipinski definition) is 17. The van der Waals surface area contributed by atoms with Gasteiger partial charge >= 0.3 is 18.2 Å². The second kappa shape index (κ2) is 18.1. The molecule has 0 saturated carbocycles. The maximum atomic E-state index is 13.9. The number of β-lactam (4-membered cyclic amide) rings is 1. The van der Waals surface area contributed by atoms with Crippen LogP contribution < -0.4 is 5.32 Å². The number of aliphatic carboxylic acids is 1. The number of carboxylic acid groups (broad SMARTS) is 1. The molecule has 2 fully saturated rings. The third-order valence-corrected chi connectivity index (χ3v) is 12.7. The number of rotatable bonds is 16. The molecule has 4 heterocycles. The highest BCUT2D eigenvalue weighted by atomic mass is 32.2. The number of fused-ring (bicyclic) bond motifs is 1. The molecule has 0 spiro atoms. The van der Waals surface area contributed by atoms with Crippen molar-refractivity contribution < 1.29 is 58.2 Å². The number of thioether (sulfide) groups is 1. The van der Waals surface area contributed by atoms with E-state index >= 15 is 0 Å². The van der Waals surface area contributed by atoms with E-state index in [2.05, 4.69) is 15.5 Å². The number of non-ortho nitro benzene ring substituents is 3. The molecule has 0 bridgehead atoms. The van der Waals surface area contributed by atoms with Gasteiger partial charge in [0.05, 0.1) is 39.4 Å². The Labute approximate surface area is 365 Å². The molecule has 334 valence electrons. The fourth-order valence-corrected chi connectivity index (χ4v) is 9.73. The van der Waals surface area contributed by atoms with Crippen LogP contribution in [0.1, 0.15) is 54.7 Å². The molecule has 1 aromatic heterocycles. The SMILES string of the molecule is C[C@@H](O)[C@H]1C(=O)N2C(C(=O)O)=C(S[C@H]3C[C@@H](c4nc(CNC(=O)OCc5ccc([N+](=O)[O-])cc5)no4)N(C(=O)OCc4ccc([N+](=O)[O-])cc4)C3)[C@](C)(Cc3ccc([N+](=O)[O-])cc3)[C@H]12. The summed E-state index contributed by atoms with van der Waals surface area (Å²) in [6.07, 6.45) is -2.64. The monoisotopic (exact) mass is 902 g/mol. The molecule has 0 aliphatic carbocycles. The maximum absolute atomic E-state index is 13.9. The molecule has 0 radical (unpaired) electrons. The highest BCUT2D eigenvalue weighted by Gasteiger charge is 2.66. The highest BCUT2D eigenvalue weighted by molar-refractivity contribution is 8.03. The zero-order valence-electron chi connectivity index (χ0n) is 33.8. The molecule has 3 N–H and O–H groups in total. The fourth-order valence-electron chi connectivity index (χ4n) is 8.13. The molecule has 2 saturated heterocycles. The van der Waals surface area contributed by atoms with Gasteiger partial charge in [-0.15, -0.1) is 11.8 Å². The van der Waals surface area contributed by atoms with Crippen molar-refractivity contribution in [1.82, 2.24) is 25.3 Å². The van der Waals surface area contributed by atoms with Gasteiger partial charge in [0.1, 0.15) is 25.0 Å². The van der Waals surface area contributed by atoms with Crippen LogP contribution >= 0.6 is 11.8 Å². The van der Waals surface area contributed by atoms with E-state index in [1.54, 1.807) is 19.1 Å². The Morgan fingerprint density at radius 1 is 0.906 bits per heavy atom. The summed E-state index contributed by atoms with van der Waals surface area (Å²) in [4.78, 5) is 91.8. The van der Waals surface area contributed by atoms with Gasteiger partial charge in [0.25, 0.3) is 17.1 Å². The van der Waals surface area contributed by atoms with E-state index in [-0.39, 0.29) is 78.5 Å². The van der Waals surface area contributed by atoms with Crippen LogP contribution in [-0.4, -0.2) is 92.9 Å². The van der Waals surface area contributed by atoms with E-state index in [9.17, 15) is 59.7 Å². The van der Waals surface area contributed by atoms with E-state index in [1.165, 1.54) is 77.4 Å². The number of carbonyl (C=O) groups is 4. The summed E-state index contributed by atoms with van der Waals surface area (Å²) in [5.74, 6) is -3.00. The number of alkyl carbamates (subject to hydrolysis) is 1. The Morgan fingerprint density at radius 2 is 1.44 bits per heavy atom. The molecule has 64 heavy (non-hydrogen) atoms. The normalized spacial score (nSPS) is 21.8. The van der Waals surface area contributed by atoms with Crippen LogP contribution in [0.25, 0.3) is 0 Å². The number of nitro benzene ring substituents is 3. The molecule has 6 atom stereocenters. The minimum atomic E-state index is -1.40. The standard InChI is InChI=1S/C40H38N8O15S/c1-21(49)31-33-40(2,16-22-3-9-25(10-4-22)46(55)56)34(32(37(51)52)45(33)36(31)50)64-28-15-29(44(18-28)39(54)62-20-24-7-13-27(14-8-24)48(59)60)35-42-30(43-63-35)17-41-38(53)61-19-23-5-11-26(12-6-23)47(57)58/h3-14,21,28-29,31,33,49H,15-20H2,1-2H3,(H,41,53)(H,51,52)/t21-,28+,29+,31-,33+,40-/m1/s1. The Morgan fingerprint density at radius 3 is 1.95 bits per heavy atom. The second-order valence-electron chi connectivity index (χ2n) is 15.4. The predicted octanol–water partition coefficient (Wildman–Crippen LogP) is 5.17. The average Bonchev–Trinajstić information content (AvgIpc) is 3.96. The van der Waals surface area contributed by atoms with Gasteiger partial charge < -0.3 is 34.4 Å². The Hall–Kier alpha value is -7.47. The van der Waals surface area contributed by atoms with Crippen molar-refractivity contribution in [3.05, 3.63) is 142 Å². The van der Waals surface area contributed by atoms with Gasteiger partial charge in [-0.3, -0.25) is 40.0 Å². The van der Waals surface area contributed by atoms with Gasteiger partial charge in [0.15, 0.2) is 5.82 Å². The minimum Gasteiger partial charge on any atom is -0.477 e. The summed E-state index contributed by atoms with van der Waals surface area (Å²) >= 11 is 1.12.